The second-order valence-corrected chi connectivity index (χ2v) is 6.53. The molecule has 1 aliphatic heterocycles. The second kappa shape index (κ2) is 6.19. The molecule has 17 heavy (non-hydrogen) atoms. The Morgan fingerprint density at radius 3 is 2.29 bits per heavy atom. The standard InChI is InChI=1S/C15H30N2/c1-14(13-16)5-10-17-11-8-15(9-12-17)6-3-2-4-7-15/h14H,2-13,16H2,1H3. The maximum absolute atomic E-state index is 5.68. The molecule has 2 fully saturated rings. The van der Waals surface area contributed by atoms with Crippen LogP contribution in [0.5, 0.6) is 0 Å². The Balaban J connectivity index is 1.70. The van der Waals surface area contributed by atoms with Gasteiger partial charge in [0.05, 0.1) is 0 Å². The van der Waals surface area contributed by atoms with Gasteiger partial charge in [0.1, 0.15) is 0 Å². The normalized spacial score (nSPS) is 27.2. The summed E-state index contributed by atoms with van der Waals surface area (Å²) in [5.74, 6) is 0.695. The first-order chi connectivity index (χ1) is 8.24. The molecule has 1 saturated carbocycles. The Bertz CT molecular complexity index is 211. The summed E-state index contributed by atoms with van der Waals surface area (Å²) in [6.45, 7) is 7.08. The van der Waals surface area contributed by atoms with Crippen LogP contribution in [0.1, 0.15) is 58.3 Å². The molecule has 0 bridgehead atoms. The Hall–Kier alpha value is -0.0800. The molecule has 0 aromatic rings. The van der Waals surface area contributed by atoms with E-state index in [1.165, 1.54) is 71.0 Å². The molecule has 1 heterocycles. The molecule has 2 N–H and O–H groups in total. The highest BCUT2D eigenvalue weighted by Gasteiger charge is 2.35. The molecular formula is C15H30N2. The monoisotopic (exact) mass is 238 g/mol. The number of rotatable bonds is 4. The molecule has 1 unspecified atom stereocenters. The highest BCUT2D eigenvalue weighted by atomic mass is 15.1. The number of piperidine rings is 1. The van der Waals surface area contributed by atoms with Crippen LogP contribution in [-0.4, -0.2) is 31.1 Å². The SMILES string of the molecule is CC(CN)CCN1CCC2(CCCCC2)CC1. The number of nitrogens with two attached hydrogens (primary N) is 1. The zero-order valence-electron chi connectivity index (χ0n) is 11.6. The highest BCUT2D eigenvalue weighted by Crippen LogP contribution is 2.44. The predicted octanol–water partition coefficient (Wildman–Crippen LogP) is 3.02. The number of likely N-dealkylation sites (tertiary alicyclic amines) is 1. The average molecular weight is 238 g/mol. The van der Waals surface area contributed by atoms with E-state index in [-0.39, 0.29) is 0 Å². The van der Waals surface area contributed by atoms with Crippen molar-refractivity contribution < 1.29 is 0 Å². The van der Waals surface area contributed by atoms with Crippen molar-refractivity contribution in [1.82, 2.24) is 4.90 Å². The van der Waals surface area contributed by atoms with Crippen molar-refractivity contribution in [2.45, 2.75) is 58.3 Å². The van der Waals surface area contributed by atoms with Crippen LogP contribution in [0.25, 0.3) is 0 Å². The van der Waals surface area contributed by atoms with Crippen molar-refractivity contribution in [3.05, 3.63) is 0 Å². The zero-order valence-corrected chi connectivity index (χ0v) is 11.6. The molecule has 2 heteroatoms. The lowest BCUT2D eigenvalue weighted by atomic mass is 9.68. The molecule has 100 valence electrons. The minimum Gasteiger partial charge on any atom is -0.330 e. The third-order valence-corrected chi connectivity index (χ3v) is 5.17. The summed E-state index contributed by atoms with van der Waals surface area (Å²) in [4.78, 5) is 2.67. The summed E-state index contributed by atoms with van der Waals surface area (Å²) in [5, 5.41) is 0. The molecular weight excluding hydrogens is 208 g/mol. The summed E-state index contributed by atoms with van der Waals surface area (Å²) in [5.41, 5.74) is 6.44. The fourth-order valence-electron chi connectivity index (χ4n) is 3.57. The first-order valence-corrected chi connectivity index (χ1v) is 7.66. The van der Waals surface area contributed by atoms with Crippen molar-refractivity contribution in [3.8, 4) is 0 Å². The van der Waals surface area contributed by atoms with Gasteiger partial charge in [0, 0.05) is 0 Å². The van der Waals surface area contributed by atoms with Crippen molar-refractivity contribution in [2.75, 3.05) is 26.2 Å². The minimum absolute atomic E-state index is 0.695. The zero-order chi connectivity index (χ0) is 12.1. The van der Waals surface area contributed by atoms with E-state index >= 15 is 0 Å². The Morgan fingerprint density at radius 2 is 1.71 bits per heavy atom. The predicted molar refractivity (Wildman–Crippen MR) is 74.0 cm³/mol. The average Bonchev–Trinajstić information content (AvgIpc) is 2.39. The third kappa shape index (κ3) is 3.69. The van der Waals surface area contributed by atoms with Crippen LogP contribution in [0.2, 0.25) is 0 Å². The number of nitrogens with zero attached hydrogens (tertiary/aromatic N) is 1. The highest BCUT2D eigenvalue weighted by molar-refractivity contribution is 4.88. The van der Waals surface area contributed by atoms with Gasteiger partial charge in [-0.15, -0.1) is 0 Å². The molecule has 1 atom stereocenters. The Kier molecular flexibility index (Phi) is 4.87. The van der Waals surface area contributed by atoms with Gasteiger partial charge in [-0.25, -0.2) is 0 Å². The molecule has 2 rings (SSSR count). The van der Waals surface area contributed by atoms with Gasteiger partial charge < -0.3 is 10.6 Å². The van der Waals surface area contributed by atoms with Crippen LogP contribution < -0.4 is 5.73 Å². The molecule has 0 amide bonds. The van der Waals surface area contributed by atoms with Gasteiger partial charge in [-0.2, -0.15) is 0 Å². The lowest BCUT2D eigenvalue weighted by Crippen LogP contribution is -2.41. The lowest BCUT2D eigenvalue weighted by Gasteiger charge is -2.44. The lowest BCUT2D eigenvalue weighted by molar-refractivity contribution is 0.0655. The van der Waals surface area contributed by atoms with Gasteiger partial charge in [-0.3, -0.25) is 0 Å². The van der Waals surface area contributed by atoms with Gasteiger partial charge in [0.2, 0.25) is 0 Å². The van der Waals surface area contributed by atoms with E-state index in [9.17, 15) is 0 Å². The van der Waals surface area contributed by atoms with Crippen molar-refractivity contribution in [2.24, 2.45) is 17.1 Å². The summed E-state index contributed by atoms with van der Waals surface area (Å²) in [6.07, 6.45) is 11.7. The van der Waals surface area contributed by atoms with Crippen molar-refractivity contribution >= 4 is 0 Å². The van der Waals surface area contributed by atoms with Gasteiger partial charge in [-0.05, 0) is 69.6 Å². The van der Waals surface area contributed by atoms with E-state index in [1.54, 1.807) is 0 Å². The molecule has 0 aromatic heterocycles. The first-order valence-electron chi connectivity index (χ1n) is 7.66. The summed E-state index contributed by atoms with van der Waals surface area (Å²) >= 11 is 0. The molecule has 0 radical (unpaired) electrons. The topological polar surface area (TPSA) is 29.3 Å². The van der Waals surface area contributed by atoms with E-state index < -0.39 is 0 Å². The molecule has 2 aliphatic rings. The van der Waals surface area contributed by atoms with Crippen LogP contribution in [-0.2, 0) is 0 Å². The van der Waals surface area contributed by atoms with Crippen molar-refractivity contribution in [1.29, 1.82) is 0 Å². The molecule has 1 spiro atoms. The fourth-order valence-corrected chi connectivity index (χ4v) is 3.57. The Morgan fingerprint density at radius 1 is 1.06 bits per heavy atom. The maximum Gasteiger partial charge on any atom is -0.00134 e. The number of hydrogen-bond donors (Lipinski definition) is 1. The summed E-state index contributed by atoms with van der Waals surface area (Å²) < 4.78 is 0. The molecule has 1 aliphatic carbocycles. The van der Waals surface area contributed by atoms with Gasteiger partial charge >= 0.3 is 0 Å². The van der Waals surface area contributed by atoms with Crippen LogP contribution >= 0.6 is 0 Å². The smallest absolute Gasteiger partial charge is 0.00134 e. The second-order valence-electron chi connectivity index (χ2n) is 6.53. The van der Waals surface area contributed by atoms with E-state index in [2.05, 4.69) is 11.8 Å². The van der Waals surface area contributed by atoms with Gasteiger partial charge in [0.25, 0.3) is 0 Å². The maximum atomic E-state index is 5.68. The van der Waals surface area contributed by atoms with Gasteiger partial charge in [-0.1, -0.05) is 26.2 Å². The number of hydrogen-bond acceptors (Lipinski definition) is 2. The van der Waals surface area contributed by atoms with E-state index in [0.29, 0.717) is 5.92 Å². The first kappa shape index (κ1) is 13.4. The summed E-state index contributed by atoms with van der Waals surface area (Å²) in [6, 6.07) is 0. The van der Waals surface area contributed by atoms with Crippen LogP contribution in [0.3, 0.4) is 0 Å². The molecule has 1 saturated heterocycles. The van der Waals surface area contributed by atoms with E-state index in [0.717, 1.165) is 12.0 Å². The van der Waals surface area contributed by atoms with E-state index in [4.69, 9.17) is 5.73 Å². The van der Waals surface area contributed by atoms with Gasteiger partial charge in [0.15, 0.2) is 0 Å². The fraction of sp³-hybridized carbons (Fsp3) is 1.00. The Labute approximate surface area is 107 Å². The molecule has 0 aromatic carbocycles. The molecule has 2 nitrogen and oxygen atoms in total. The van der Waals surface area contributed by atoms with Crippen LogP contribution in [0, 0.1) is 11.3 Å². The quantitative estimate of drug-likeness (QED) is 0.816. The largest absolute Gasteiger partial charge is 0.330 e. The minimum atomic E-state index is 0.695. The summed E-state index contributed by atoms with van der Waals surface area (Å²) in [7, 11) is 0. The van der Waals surface area contributed by atoms with Crippen LogP contribution in [0.15, 0.2) is 0 Å². The van der Waals surface area contributed by atoms with Crippen molar-refractivity contribution in [3.63, 3.8) is 0 Å². The van der Waals surface area contributed by atoms with E-state index in [1.807, 2.05) is 0 Å². The van der Waals surface area contributed by atoms with Crippen LogP contribution in [0.4, 0.5) is 0 Å². The third-order valence-electron chi connectivity index (χ3n) is 5.17.